The van der Waals surface area contributed by atoms with Gasteiger partial charge in [-0.1, -0.05) is 0 Å². The quantitative estimate of drug-likeness (QED) is 0.301. The molecule has 5 heterocycles. The highest BCUT2D eigenvalue weighted by Crippen LogP contribution is 2.45. The smallest absolute Gasteiger partial charge is 0.414 e. The highest BCUT2D eigenvalue weighted by atomic mass is 19.1. The van der Waals surface area contributed by atoms with Gasteiger partial charge in [0.15, 0.2) is 5.75 Å². The number of pyridine rings is 2. The first-order valence-electron chi connectivity index (χ1n) is 13.9. The molecule has 5 aromatic rings. The summed E-state index contributed by atoms with van der Waals surface area (Å²) in [4.78, 5) is 38.0. The fourth-order valence-corrected chi connectivity index (χ4v) is 6.00. The van der Waals surface area contributed by atoms with Crippen LogP contribution in [0.1, 0.15) is 27.2 Å². The Bertz CT molecular complexity index is 1870. The zero-order valence-corrected chi connectivity index (χ0v) is 23.8. The minimum Gasteiger partial charge on any atom is -0.443 e. The van der Waals surface area contributed by atoms with E-state index < -0.39 is 17.5 Å². The Labute approximate surface area is 240 Å². The highest BCUT2D eigenvalue weighted by Gasteiger charge is 2.46. The number of H-pyrrole nitrogens is 1. The van der Waals surface area contributed by atoms with Gasteiger partial charge in [0.1, 0.15) is 22.9 Å². The first kappa shape index (κ1) is 26.3. The number of rotatable bonds is 4. The lowest BCUT2D eigenvalue weighted by Gasteiger charge is -2.36. The first-order chi connectivity index (χ1) is 20.0. The molecule has 11 nitrogen and oxygen atoms in total. The van der Waals surface area contributed by atoms with E-state index in [2.05, 4.69) is 24.8 Å². The number of benzene rings is 1. The van der Waals surface area contributed by atoms with E-state index in [-0.39, 0.29) is 12.1 Å². The standard InChI is InChI=1S/C30H31FN8O3/c1-30(2,3)42-29(40)38(4)23-10-16(31)9-18-24-26(35-25(18)23)36-28(37-27(24)39-13-15-8-20(32)19(15)14-39)41-17-11-22-21(34-12-17)6-5-7-33-22/h5-7,9-12,15,19-20H,8,13-14,32H2,1-4H3,(H,35,36,37)/t15-,19+,20-/m1/s1. The highest BCUT2D eigenvalue weighted by molar-refractivity contribution is 6.16. The Morgan fingerprint density at radius 3 is 2.76 bits per heavy atom. The maximum atomic E-state index is 15.2. The van der Waals surface area contributed by atoms with E-state index >= 15 is 4.39 Å². The number of hydrogen-bond donors (Lipinski definition) is 2. The zero-order chi connectivity index (χ0) is 29.3. The Morgan fingerprint density at radius 2 is 2.00 bits per heavy atom. The molecule has 12 heteroatoms. The largest absolute Gasteiger partial charge is 0.443 e. The molecule has 1 saturated carbocycles. The molecule has 0 unspecified atom stereocenters. The topological polar surface area (TPSA) is 135 Å². The third kappa shape index (κ3) is 4.51. The molecular weight excluding hydrogens is 539 g/mol. The molecule has 1 aromatic carbocycles. The molecule has 3 N–H and O–H groups in total. The Hall–Kier alpha value is -4.58. The summed E-state index contributed by atoms with van der Waals surface area (Å²) in [6, 6.07) is 8.46. The van der Waals surface area contributed by atoms with E-state index in [0.717, 1.165) is 25.0 Å². The minimum absolute atomic E-state index is 0.104. The molecule has 1 aliphatic carbocycles. The molecule has 2 aliphatic rings. The maximum Gasteiger partial charge on any atom is 0.414 e. The summed E-state index contributed by atoms with van der Waals surface area (Å²) < 4.78 is 26.8. The van der Waals surface area contributed by atoms with Gasteiger partial charge in [-0.2, -0.15) is 9.97 Å². The number of anilines is 2. The van der Waals surface area contributed by atoms with Gasteiger partial charge < -0.3 is 25.1 Å². The number of fused-ring (bicyclic) bond motifs is 5. The van der Waals surface area contributed by atoms with Crippen molar-refractivity contribution >= 4 is 50.6 Å². The number of carbonyl (C=O) groups excluding carboxylic acids is 1. The number of halogens is 1. The van der Waals surface area contributed by atoms with Crippen LogP contribution in [0.25, 0.3) is 33.0 Å². The molecular formula is C30H31FN8O3. The van der Waals surface area contributed by atoms with Gasteiger partial charge in [-0.3, -0.25) is 14.9 Å². The Balaban J connectivity index is 1.37. The Morgan fingerprint density at radius 1 is 1.17 bits per heavy atom. The van der Waals surface area contributed by atoms with Crippen LogP contribution in [-0.2, 0) is 4.74 Å². The predicted molar refractivity (Wildman–Crippen MR) is 157 cm³/mol. The van der Waals surface area contributed by atoms with Gasteiger partial charge in [-0.05, 0) is 63.3 Å². The fourth-order valence-electron chi connectivity index (χ4n) is 6.00. The van der Waals surface area contributed by atoms with Crippen LogP contribution >= 0.6 is 0 Å². The number of nitrogens with zero attached hydrogens (tertiary/aromatic N) is 6. The summed E-state index contributed by atoms with van der Waals surface area (Å²) in [6.07, 6.45) is 3.64. The SMILES string of the molecule is CN(C(=O)OC(C)(C)C)c1cc(F)cc2c1[nH]c1nc(Oc3cnc4cccnc4c3)nc(N3C[C@H]4C[C@@H](N)[C@H]4C3)c12. The summed E-state index contributed by atoms with van der Waals surface area (Å²) in [6.45, 7) is 6.84. The molecule has 42 heavy (non-hydrogen) atoms. The second-order valence-electron chi connectivity index (χ2n) is 12.1. The van der Waals surface area contributed by atoms with E-state index in [9.17, 15) is 4.79 Å². The predicted octanol–water partition coefficient (Wildman–Crippen LogP) is 5.14. The Kier molecular flexibility index (Phi) is 5.94. The van der Waals surface area contributed by atoms with Gasteiger partial charge in [0.05, 0.1) is 33.8 Å². The molecule has 0 bridgehead atoms. The van der Waals surface area contributed by atoms with E-state index in [4.69, 9.17) is 20.2 Å². The van der Waals surface area contributed by atoms with Crippen molar-refractivity contribution in [3.63, 3.8) is 0 Å². The van der Waals surface area contributed by atoms with Crippen molar-refractivity contribution in [2.45, 2.75) is 38.8 Å². The molecule has 7 rings (SSSR count). The number of nitrogens with two attached hydrogens (primary N) is 1. The number of aromatic amines is 1. The van der Waals surface area contributed by atoms with Crippen LogP contribution in [0, 0.1) is 17.7 Å². The number of carbonyl (C=O) groups is 1. The van der Waals surface area contributed by atoms with Crippen molar-refractivity contribution in [1.29, 1.82) is 0 Å². The van der Waals surface area contributed by atoms with Crippen LogP contribution in [0.5, 0.6) is 11.8 Å². The molecule has 0 radical (unpaired) electrons. The summed E-state index contributed by atoms with van der Waals surface area (Å²) in [7, 11) is 1.55. The molecule has 4 aromatic heterocycles. The second kappa shape index (κ2) is 9.48. The lowest BCUT2D eigenvalue weighted by molar-refractivity contribution is 0.0589. The van der Waals surface area contributed by atoms with Crippen LogP contribution in [0.15, 0.2) is 42.7 Å². The summed E-state index contributed by atoms with van der Waals surface area (Å²) in [5, 5.41) is 1.20. The van der Waals surface area contributed by atoms with Crippen molar-refractivity contribution in [3.8, 4) is 11.8 Å². The van der Waals surface area contributed by atoms with Crippen LogP contribution in [-0.4, -0.2) is 62.8 Å². The summed E-state index contributed by atoms with van der Waals surface area (Å²) in [5.74, 6) is 1.39. The van der Waals surface area contributed by atoms with Crippen molar-refractivity contribution < 1.29 is 18.7 Å². The third-order valence-electron chi connectivity index (χ3n) is 8.04. The molecule has 1 aliphatic heterocycles. The monoisotopic (exact) mass is 570 g/mol. The van der Waals surface area contributed by atoms with Crippen LogP contribution in [0.4, 0.5) is 20.7 Å². The van der Waals surface area contributed by atoms with E-state index in [1.807, 2.05) is 12.1 Å². The van der Waals surface area contributed by atoms with Crippen LogP contribution in [0.3, 0.4) is 0 Å². The van der Waals surface area contributed by atoms with Crippen molar-refractivity contribution in [2.75, 3.05) is 29.9 Å². The minimum atomic E-state index is -0.716. The number of amides is 1. The van der Waals surface area contributed by atoms with Gasteiger partial charge in [-0.25, -0.2) is 9.18 Å². The molecule has 0 spiro atoms. The lowest BCUT2D eigenvalue weighted by atomic mass is 9.72. The molecule has 1 amide bonds. The number of ether oxygens (including phenoxy) is 2. The first-order valence-corrected chi connectivity index (χ1v) is 13.9. The number of aromatic nitrogens is 5. The van der Waals surface area contributed by atoms with Gasteiger partial charge >= 0.3 is 12.1 Å². The average molecular weight is 571 g/mol. The lowest BCUT2D eigenvalue weighted by Crippen LogP contribution is -2.46. The molecule has 2 fully saturated rings. The van der Waals surface area contributed by atoms with Crippen molar-refractivity contribution in [1.82, 2.24) is 24.9 Å². The normalized spacial score (nSPS) is 20.1. The van der Waals surface area contributed by atoms with Gasteiger partial charge in [0.2, 0.25) is 0 Å². The number of nitrogens with one attached hydrogen (secondary N) is 1. The van der Waals surface area contributed by atoms with E-state index in [1.165, 1.54) is 17.0 Å². The van der Waals surface area contributed by atoms with Gasteiger partial charge in [0, 0.05) is 43.8 Å². The maximum absolute atomic E-state index is 15.2. The molecule has 3 atom stereocenters. The van der Waals surface area contributed by atoms with Gasteiger partial charge in [0.25, 0.3) is 0 Å². The zero-order valence-electron chi connectivity index (χ0n) is 23.8. The number of hydrogen-bond acceptors (Lipinski definition) is 9. The third-order valence-corrected chi connectivity index (χ3v) is 8.04. The fraction of sp³-hybridized carbons (Fsp3) is 0.367. The average Bonchev–Trinajstić information content (AvgIpc) is 3.48. The van der Waals surface area contributed by atoms with Crippen LogP contribution < -0.4 is 20.3 Å². The molecule has 216 valence electrons. The van der Waals surface area contributed by atoms with E-state index in [1.54, 1.807) is 46.3 Å². The van der Waals surface area contributed by atoms with E-state index in [0.29, 0.717) is 56.5 Å². The van der Waals surface area contributed by atoms with Crippen molar-refractivity contribution in [3.05, 3.63) is 48.5 Å². The summed E-state index contributed by atoms with van der Waals surface area (Å²) in [5.41, 5.74) is 8.31. The van der Waals surface area contributed by atoms with Crippen molar-refractivity contribution in [2.24, 2.45) is 17.6 Å². The van der Waals surface area contributed by atoms with Crippen LogP contribution in [0.2, 0.25) is 0 Å². The summed E-state index contributed by atoms with van der Waals surface area (Å²) >= 11 is 0. The molecule has 1 saturated heterocycles. The van der Waals surface area contributed by atoms with Gasteiger partial charge in [-0.15, -0.1) is 0 Å². The second-order valence-corrected chi connectivity index (χ2v) is 12.1.